The third kappa shape index (κ3) is 16.0. The summed E-state index contributed by atoms with van der Waals surface area (Å²) in [7, 11) is 1.63. The van der Waals surface area contributed by atoms with E-state index in [1.807, 2.05) is 60.7 Å². The van der Waals surface area contributed by atoms with Gasteiger partial charge in [0.15, 0.2) is 0 Å². The van der Waals surface area contributed by atoms with Crippen LogP contribution >= 0.6 is 0 Å². The predicted octanol–water partition coefficient (Wildman–Crippen LogP) is 7.59. The van der Waals surface area contributed by atoms with E-state index < -0.39 is 12.2 Å². The van der Waals surface area contributed by atoms with Crippen LogP contribution < -0.4 is 0 Å². The van der Waals surface area contributed by atoms with Gasteiger partial charge in [-0.2, -0.15) is 0 Å². The van der Waals surface area contributed by atoms with Crippen molar-refractivity contribution in [3.05, 3.63) is 97.1 Å². The zero-order valence-electron chi connectivity index (χ0n) is 26.2. The SMILES string of the molecule is C=CC[C@H](OC(=O)CC[C@@H](OCc1ccccc1)[C@@H](C=C)OCc1ccccc1)[C@H](CCCCCC)OCOCCOC. The van der Waals surface area contributed by atoms with Crippen LogP contribution in [0.3, 0.4) is 0 Å². The smallest absolute Gasteiger partial charge is 0.306 e. The van der Waals surface area contributed by atoms with Crippen LogP contribution in [0.5, 0.6) is 0 Å². The van der Waals surface area contributed by atoms with Gasteiger partial charge < -0.3 is 28.4 Å². The number of carbonyl (C=O) groups is 1. The van der Waals surface area contributed by atoms with Crippen molar-refractivity contribution in [1.82, 2.24) is 0 Å². The van der Waals surface area contributed by atoms with E-state index in [2.05, 4.69) is 20.1 Å². The Labute approximate surface area is 259 Å². The zero-order chi connectivity index (χ0) is 31.0. The van der Waals surface area contributed by atoms with E-state index >= 15 is 0 Å². The molecule has 0 unspecified atom stereocenters. The first-order valence-corrected chi connectivity index (χ1v) is 15.5. The van der Waals surface area contributed by atoms with E-state index in [9.17, 15) is 4.79 Å². The van der Waals surface area contributed by atoms with Crippen LogP contribution in [-0.4, -0.2) is 57.5 Å². The number of esters is 1. The van der Waals surface area contributed by atoms with Gasteiger partial charge in [0.1, 0.15) is 19.0 Å². The fraction of sp³-hybridized carbons (Fsp3) is 0.528. The maximum atomic E-state index is 13.2. The minimum atomic E-state index is -0.453. The average molecular weight is 597 g/mol. The minimum absolute atomic E-state index is 0.113. The quantitative estimate of drug-likeness (QED) is 0.0480. The molecule has 0 heterocycles. The molecule has 43 heavy (non-hydrogen) atoms. The molecule has 0 amide bonds. The number of hydrogen-bond donors (Lipinski definition) is 0. The topological polar surface area (TPSA) is 72.5 Å². The summed E-state index contributed by atoms with van der Waals surface area (Å²) in [5.41, 5.74) is 2.10. The van der Waals surface area contributed by atoms with Crippen molar-refractivity contribution in [1.29, 1.82) is 0 Å². The van der Waals surface area contributed by atoms with E-state index in [-0.39, 0.29) is 31.4 Å². The largest absolute Gasteiger partial charge is 0.459 e. The van der Waals surface area contributed by atoms with Crippen molar-refractivity contribution in [3.8, 4) is 0 Å². The van der Waals surface area contributed by atoms with Crippen LogP contribution in [0.15, 0.2) is 86.0 Å². The van der Waals surface area contributed by atoms with E-state index in [0.717, 1.165) is 43.2 Å². The summed E-state index contributed by atoms with van der Waals surface area (Å²) < 4.78 is 35.2. The molecule has 0 radical (unpaired) electrons. The molecular formula is C36H52O7. The van der Waals surface area contributed by atoms with Crippen molar-refractivity contribution in [2.45, 2.75) is 95.9 Å². The lowest BCUT2D eigenvalue weighted by Crippen LogP contribution is -2.35. The van der Waals surface area contributed by atoms with Gasteiger partial charge in [0, 0.05) is 20.0 Å². The van der Waals surface area contributed by atoms with Gasteiger partial charge in [0.05, 0.1) is 38.6 Å². The fourth-order valence-electron chi connectivity index (χ4n) is 4.63. The molecular weight excluding hydrogens is 544 g/mol. The standard InChI is InChI=1S/C36H52O7/c1-5-8-9-16-22-33(42-29-39-26-25-38-4)35(17-6-2)43-36(37)24-23-34(41-28-31-20-14-11-15-21-31)32(7-3)40-27-30-18-12-10-13-19-30/h6-7,10-15,18-21,32-35H,2-3,5,8-9,16-17,22-29H2,1,4H3/t32-,33+,34-,35+/m1/s1. The second-order valence-corrected chi connectivity index (χ2v) is 10.5. The third-order valence-electron chi connectivity index (χ3n) is 7.06. The van der Waals surface area contributed by atoms with E-state index in [4.69, 9.17) is 28.4 Å². The summed E-state index contributed by atoms with van der Waals surface area (Å²) in [5, 5.41) is 0. The summed E-state index contributed by atoms with van der Waals surface area (Å²) in [5.74, 6) is -0.312. The number of methoxy groups -OCH3 is 1. The van der Waals surface area contributed by atoms with Gasteiger partial charge in [-0.3, -0.25) is 4.79 Å². The molecule has 0 bridgehead atoms. The second-order valence-electron chi connectivity index (χ2n) is 10.5. The molecule has 7 heteroatoms. The number of rotatable bonds is 26. The molecule has 4 atom stereocenters. The number of benzene rings is 2. The summed E-state index contributed by atoms with van der Waals surface area (Å²) in [6, 6.07) is 19.9. The lowest BCUT2D eigenvalue weighted by Gasteiger charge is -2.28. The van der Waals surface area contributed by atoms with Gasteiger partial charge in [0.2, 0.25) is 0 Å². The predicted molar refractivity (Wildman–Crippen MR) is 170 cm³/mol. The highest BCUT2D eigenvalue weighted by molar-refractivity contribution is 5.69. The number of hydrogen-bond acceptors (Lipinski definition) is 7. The van der Waals surface area contributed by atoms with Crippen molar-refractivity contribution in [2.24, 2.45) is 0 Å². The summed E-state index contributed by atoms with van der Waals surface area (Å²) in [4.78, 5) is 13.2. The van der Waals surface area contributed by atoms with Crippen LogP contribution in [0.4, 0.5) is 0 Å². The van der Waals surface area contributed by atoms with E-state index in [0.29, 0.717) is 39.3 Å². The average Bonchev–Trinajstić information content (AvgIpc) is 3.03. The van der Waals surface area contributed by atoms with Gasteiger partial charge in [-0.1, -0.05) is 105 Å². The Morgan fingerprint density at radius 1 is 0.791 bits per heavy atom. The molecule has 0 aliphatic rings. The van der Waals surface area contributed by atoms with Crippen LogP contribution in [0.1, 0.15) is 69.4 Å². The Kier molecular flexibility index (Phi) is 20.0. The first kappa shape index (κ1) is 36.4. The number of carbonyl (C=O) groups excluding carboxylic acids is 1. The first-order chi connectivity index (χ1) is 21.1. The van der Waals surface area contributed by atoms with Crippen LogP contribution in [0.2, 0.25) is 0 Å². The molecule has 0 saturated heterocycles. The normalized spacial score (nSPS) is 14.0. The Bertz CT molecular complexity index is 982. The van der Waals surface area contributed by atoms with Crippen LogP contribution in [0.25, 0.3) is 0 Å². The summed E-state index contributed by atoms with van der Waals surface area (Å²) in [6.45, 7) is 11.9. The molecule has 238 valence electrons. The minimum Gasteiger partial charge on any atom is -0.459 e. The molecule has 0 aliphatic carbocycles. The van der Waals surface area contributed by atoms with Gasteiger partial charge in [-0.25, -0.2) is 0 Å². The highest BCUT2D eigenvalue weighted by Gasteiger charge is 2.27. The molecule has 0 aromatic heterocycles. The molecule has 7 nitrogen and oxygen atoms in total. The van der Waals surface area contributed by atoms with Gasteiger partial charge in [-0.05, 0) is 24.0 Å². The summed E-state index contributed by atoms with van der Waals surface area (Å²) >= 11 is 0. The van der Waals surface area contributed by atoms with E-state index in [1.54, 1.807) is 19.3 Å². The Hall–Kier alpha value is -2.81. The fourth-order valence-corrected chi connectivity index (χ4v) is 4.63. The molecule has 0 saturated carbocycles. The maximum Gasteiger partial charge on any atom is 0.306 e. The van der Waals surface area contributed by atoms with E-state index in [1.165, 1.54) is 0 Å². The van der Waals surface area contributed by atoms with Crippen molar-refractivity contribution < 1.29 is 33.2 Å². The Morgan fingerprint density at radius 2 is 1.47 bits per heavy atom. The maximum absolute atomic E-state index is 13.2. The highest BCUT2D eigenvalue weighted by atomic mass is 16.7. The number of unbranched alkanes of at least 4 members (excludes halogenated alkanes) is 3. The monoisotopic (exact) mass is 596 g/mol. The highest BCUT2D eigenvalue weighted by Crippen LogP contribution is 2.21. The zero-order valence-corrected chi connectivity index (χ0v) is 26.2. The van der Waals surface area contributed by atoms with Crippen molar-refractivity contribution >= 4 is 5.97 Å². The van der Waals surface area contributed by atoms with Gasteiger partial charge in [0.25, 0.3) is 0 Å². The van der Waals surface area contributed by atoms with Crippen LogP contribution in [0, 0.1) is 0 Å². The number of ether oxygens (including phenoxy) is 6. The molecule has 0 spiro atoms. The Balaban J connectivity index is 2.04. The van der Waals surface area contributed by atoms with Gasteiger partial charge >= 0.3 is 5.97 Å². The molecule has 0 N–H and O–H groups in total. The Morgan fingerprint density at radius 3 is 2.07 bits per heavy atom. The lowest BCUT2D eigenvalue weighted by atomic mass is 10.0. The molecule has 0 aliphatic heterocycles. The molecule has 0 fully saturated rings. The van der Waals surface area contributed by atoms with Crippen molar-refractivity contribution in [2.75, 3.05) is 27.1 Å². The molecule has 2 aromatic rings. The third-order valence-corrected chi connectivity index (χ3v) is 7.06. The lowest BCUT2D eigenvalue weighted by molar-refractivity contribution is -0.170. The second kappa shape index (κ2) is 23.6. The van der Waals surface area contributed by atoms with Gasteiger partial charge in [-0.15, -0.1) is 13.2 Å². The first-order valence-electron chi connectivity index (χ1n) is 15.5. The van der Waals surface area contributed by atoms with Crippen molar-refractivity contribution in [3.63, 3.8) is 0 Å². The summed E-state index contributed by atoms with van der Waals surface area (Å²) in [6.07, 6.45) is 8.21. The molecule has 2 aromatic carbocycles. The molecule has 2 rings (SSSR count). The van der Waals surface area contributed by atoms with Crippen LogP contribution in [-0.2, 0) is 46.4 Å².